The minimum absolute atomic E-state index is 0.0650. The second kappa shape index (κ2) is 10.0. The maximum absolute atomic E-state index is 12.7. The molecule has 0 aliphatic rings. The maximum atomic E-state index is 12.7. The summed E-state index contributed by atoms with van der Waals surface area (Å²) < 4.78 is 32.4. The molecular formula is C24H18N4O6S. The number of benzene rings is 3. The van der Waals surface area contributed by atoms with E-state index >= 15 is 0 Å². The highest BCUT2D eigenvalue weighted by molar-refractivity contribution is 7.87. The zero-order chi connectivity index (χ0) is 24.8. The van der Waals surface area contributed by atoms with Gasteiger partial charge in [0.1, 0.15) is 4.90 Å². The van der Waals surface area contributed by atoms with Gasteiger partial charge in [-0.05, 0) is 42.5 Å². The SMILES string of the molecule is O=C(N/N=C\c1ccccc1OS(=O)(=O)c1cccc([N+](=O)[O-])c1)c1ccccc1-n1cccc1. The first-order chi connectivity index (χ1) is 16.8. The summed E-state index contributed by atoms with van der Waals surface area (Å²) in [5.74, 6) is -0.530. The molecule has 0 bridgehead atoms. The topological polar surface area (TPSA) is 133 Å². The lowest BCUT2D eigenvalue weighted by Crippen LogP contribution is -2.19. The van der Waals surface area contributed by atoms with Gasteiger partial charge in [-0.25, -0.2) is 5.43 Å². The molecule has 0 radical (unpaired) electrons. The van der Waals surface area contributed by atoms with Crippen molar-refractivity contribution in [2.75, 3.05) is 0 Å². The van der Waals surface area contributed by atoms with E-state index in [9.17, 15) is 23.3 Å². The highest BCUT2D eigenvalue weighted by Gasteiger charge is 2.21. The van der Waals surface area contributed by atoms with Crippen molar-refractivity contribution in [2.24, 2.45) is 5.10 Å². The van der Waals surface area contributed by atoms with Crippen molar-refractivity contribution in [3.05, 3.63) is 119 Å². The third kappa shape index (κ3) is 5.42. The van der Waals surface area contributed by atoms with Crippen LogP contribution in [0.1, 0.15) is 15.9 Å². The number of aromatic nitrogens is 1. The summed E-state index contributed by atoms with van der Waals surface area (Å²) in [5.41, 5.74) is 3.36. The van der Waals surface area contributed by atoms with E-state index in [1.54, 1.807) is 41.0 Å². The molecule has 0 saturated heterocycles. The van der Waals surface area contributed by atoms with Crippen molar-refractivity contribution >= 4 is 27.9 Å². The molecule has 0 aliphatic heterocycles. The Balaban J connectivity index is 1.53. The number of hydrogen-bond donors (Lipinski definition) is 1. The molecule has 1 amide bonds. The Kier molecular flexibility index (Phi) is 6.69. The van der Waals surface area contributed by atoms with E-state index in [-0.39, 0.29) is 21.9 Å². The molecule has 0 spiro atoms. The first kappa shape index (κ1) is 23.4. The first-order valence-electron chi connectivity index (χ1n) is 10.2. The van der Waals surface area contributed by atoms with Crippen molar-refractivity contribution in [1.82, 2.24) is 9.99 Å². The molecule has 1 N–H and O–H groups in total. The maximum Gasteiger partial charge on any atom is 0.339 e. The van der Waals surface area contributed by atoms with Crippen LogP contribution in [0, 0.1) is 10.1 Å². The molecule has 35 heavy (non-hydrogen) atoms. The van der Waals surface area contributed by atoms with Gasteiger partial charge in [-0.3, -0.25) is 14.9 Å². The molecule has 4 aromatic rings. The average Bonchev–Trinajstić information content (AvgIpc) is 3.40. The summed E-state index contributed by atoms with van der Waals surface area (Å²) in [7, 11) is -4.36. The van der Waals surface area contributed by atoms with Crippen LogP contribution >= 0.6 is 0 Å². The fraction of sp³-hybridized carbons (Fsp3) is 0. The fourth-order valence-electron chi connectivity index (χ4n) is 3.19. The van der Waals surface area contributed by atoms with Crippen molar-refractivity contribution in [2.45, 2.75) is 4.90 Å². The molecule has 10 nitrogen and oxygen atoms in total. The standard InChI is InChI=1S/C24H18N4O6S/c29-24(21-11-2-3-12-22(21)27-14-5-6-15-27)26-25-17-18-8-1-4-13-23(18)34-35(32,33)20-10-7-9-19(16-20)28(30)31/h1-17H,(H,26,29)/b25-17-. The van der Waals surface area contributed by atoms with Crippen LogP contribution in [0.5, 0.6) is 5.75 Å². The number of carbonyl (C=O) groups is 1. The van der Waals surface area contributed by atoms with Gasteiger partial charge in [0.2, 0.25) is 0 Å². The third-order valence-electron chi connectivity index (χ3n) is 4.84. The molecule has 0 atom stereocenters. The molecule has 1 heterocycles. The highest BCUT2D eigenvalue weighted by atomic mass is 32.2. The summed E-state index contributed by atoms with van der Waals surface area (Å²) in [6, 6.07) is 21.3. The van der Waals surface area contributed by atoms with Crippen molar-refractivity contribution in [3.8, 4) is 11.4 Å². The number of nitrogens with one attached hydrogen (secondary N) is 1. The Labute approximate surface area is 200 Å². The van der Waals surface area contributed by atoms with E-state index in [0.29, 0.717) is 11.3 Å². The average molecular weight is 490 g/mol. The van der Waals surface area contributed by atoms with Gasteiger partial charge in [0.25, 0.3) is 11.6 Å². The number of non-ortho nitro benzene ring substituents is 1. The van der Waals surface area contributed by atoms with Gasteiger partial charge >= 0.3 is 10.1 Å². The van der Waals surface area contributed by atoms with Gasteiger partial charge in [0.15, 0.2) is 5.75 Å². The van der Waals surface area contributed by atoms with Crippen LogP contribution in [0.4, 0.5) is 5.69 Å². The van der Waals surface area contributed by atoms with E-state index in [1.807, 2.05) is 30.6 Å². The quantitative estimate of drug-likeness (QED) is 0.172. The Morgan fingerprint density at radius 3 is 2.46 bits per heavy atom. The second-order valence-corrected chi connectivity index (χ2v) is 8.68. The fourth-order valence-corrected chi connectivity index (χ4v) is 4.18. The van der Waals surface area contributed by atoms with Gasteiger partial charge in [-0.15, -0.1) is 0 Å². The monoisotopic (exact) mass is 490 g/mol. The number of nitro groups is 1. The lowest BCUT2D eigenvalue weighted by Gasteiger charge is -2.10. The van der Waals surface area contributed by atoms with Crippen LogP contribution in [0.3, 0.4) is 0 Å². The number of hydrazone groups is 1. The highest BCUT2D eigenvalue weighted by Crippen LogP contribution is 2.24. The summed E-state index contributed by atoms with van der Waals surface area (Å²) in [4.78, 5) is 22.6. The Bertz CT molecular complexity index is 1510. The number of amides is 1. The molecule has 0 aliphatic carbocycles. The number of nitrogens with zero attached hydrogens (tertiary/aromatic N) is 3. The van der Waals surface area contributed by atoms with Crippen molar-refractivity contribution < 1.29 is 22.3 Å². The van der Waals surface area contributed by atoms with Crippen LogP contribution in [0.25, 0.3) is 5.69 Å². The van der Waals surface area contributed by atoms with E-state index < -0.39 is 20.9 Å². The van der Waals surface area contributed by atoms with E-state index in [0.717, 1.165) is 6.07 Å². The lowest BCUT2D eigenvalue weighted by molar-refractivity contribution is -0.385. The zero-order valence-electron chi connectivity index (χ0n) is 18.0. The molecule has 3 aromatic carbocycles. The second-order valence-electron chi connectivity index (χ2n) is 7.14. The van der Waals surface area contributed by atoms with Crippen LogP contribution in [0.15, 0.2) is 107 Å². The Morgan fingerprint density at radius 1 is 0.971 bits per heavy atom. The van der Waals surface area contributed by atoms with Crippen molar-refractivity contribution in [3.63, 3.8) is 0 Å². The van der Waals surface area contributed by atoms with E-state index in [2.05, 4.69) is 10.5 Å². The molecule has 176 valence electrons. The van der Waals surface area contributed by atoms with Crippen LogP contribution in [-0.4, -0.2) is 30.0 Å². The third-order valence-corrected chi connectivity index (χ3v) is 6.07. The minimum Gasteiger partial charge on any atom is -0.378 e. The number of para-hydroxylation sites is 2. The van der Waals surface area contributed by atoms with Gasteiger partial charge < -0.3 is 8.75 Å². The number of carbonyl (C=O) groups excluding carboxylic acids is 1. The van der Waals surface area contributed by atoms with Gasteiger partial charge in [-0.1, -0.05) is 30.3 Å². The van der Waals surface area contributed by atoms with Crippen LogP contribution < -0.4 is 9.61 Å². The van der Waals surface area contributed by atoms with E-state index in [4.69, 9.17) is 4.18 Å². The predicted molar refractivity (Wildman–Crippen MR) is 128 cm³/mol. The van der Waals surface area contributed by atoms with Crippen molar-refractivity contribution in [1.29, 1.82) is 0 Å². The molecule has 0 saturated carbocycles. The first-order valence-corrected chi connectivity index (χ1v) is 11.6. The van der Waals surface area contributed by atoms with Crippen LogP contribution in [0.2, 0.25) is 0 Å². The summed E-state index contributed by atoms with van der Waals surface area (Å²) in [5, 5.41) is 14.9. The van der Waals surface area contributed by atoms with Gasteiger partial charge in [0.05, 0.1) is 22.4 Å². The number of hydrogen-bond acceptors (Lipinski definition) is 7. The van der Waals surface area contributed by atoms with Crippen LogP contribution in [-0.2, 0) is 10.1 Å². The zero-order valence-corrected chi connectivity index (χ0v) is 18.8. The summed E-state index contributed by atoms with van der Waals surface area (Å²) in [6.07, 6.45) is 4.87. The number of nitro benzene ring substituents is 1. The Morgan fingerprint density at radius 2 is 1.69 bits per heavy atom. The minimum atomic E-state index is -4.36. The number of rotatable bonds is 8. The van der Waals surface area contributed by atoms with E-state index in [1.165, 1.54) is 30.5 Å². The van der Waals surface area contributed by atoms with Gasteiger partial charge in [-0.2, -0.15) is 13.5 Å². The molecule has 0 unspecified atom stereocenters. The molecule has 1 aromatic heterocycles. The summed E-state index contributed by atoms with van der Waals surface area (Å²) >= 11 is 0. The largest absolute Gasteiger partial charge is 0.378 e. The molecule has 0 fully saturated rings. The Hall–Kier alpha value is -4.77. The lowest BCUT2D eigenvalue weighted by atomic mass is 10.1. The van der Waals surface area contributed by atoms with Gasteiger partial charge in [0, 0.05) is 30.1 Å². The summed E-state index contributed by atoms with van der Waals surface area (Å²) in [6.45, 7) is 0. The molecule has 11 heteroatoms. The molecule has 4 rings (SSSR count). The predicted octanol–water partition coefficient (Wildman–Crippen LogP) is 3.92. The smallest absolute Gasteiger partial charge is 0.339 e. The normalized spacial score (nSPS) is 11.3. The molecular weight excluding hydrogens is 472 g/mol.